The van der Waals surface area contributed by atoms with Crippen molar-refractivity contribution >= 4 is 49.8 Å². The quantitative estimate of drug-likeness (QED) is 0.221. The summed E-state index contributed by atoms with van der Waals surface area (Å²) in [5.41, 5.74) is 11.6. The van der Waals surface area contributed by atoms with Gasteiger partial charge >= 0.3 is 0 Å². The molecule has 0 bridgehead atoms. The molecule has 0 aliphatic heterocycles. The van der Waals surface area contributed by atoms with Crippen LogP contribution in [0.15, 0.2) is 163 Å². The zero-order valence-corrected chi connectivity index (χ0v) is 24.3. The summed E-state index contributed by atoms with van der Waals surface area (Å²) < 4.78 is 0. The van der Waals surface area contributed by atoms with Gasteiger partial charge in [-0.2, -0.15) is 0 Å². The molecule has 0 fully saturated rings. The Kier molecular flexibility index (Phi) is 6.81. The molecule has 0 spiro atoms. The fraction of sp³-hybridized carbons (Fsp3) is 0.0488. The number of nitrogens with zero attached hydrogens (tertiary/aromatic N) is 1. The second-order valence-corrected chi connectivity index (χ2v) is 11.0. The minimum absolute atomic E-state index is 0.863. The van der Waals surface area contributed by atoms with Crippen LogP contribution in [-0.4, -0.2) is 12.8 Å². The van der Waals surface area contributed by atoms with E-state index in [9.17, 15) is 0 Å². The van der Waals surface area contributed by atoms with E-state index in [4.69, 9.17) is 4.99 Å². The Bertz CT molecular complexity index is 2110. The van der Waals surface area contributed by atoms with E-state index in [1.54, 1.807) is 0 Å². The van der Waals surface area contributed by atoms with Gasteiger partial charge in [-0.25, -0.2) is 4.99 Å². The molecular formula is C41H32N2. The van der Waals surface area contributed by atoms with E-state index in [-0.39, 0.29) is 0 Å². The van der Waals surface area contributed by atoms with Crippen LogP contribution in [0.4, 0.5) is 11.4 Å². The minimum atomic E-state index is 0.863. The van der Waals surface area contributed by atoms with E-state index in [0.29, 0.717) is 0 Å². The predicted molar refractivity (Wildman–Crippen MR) is 186 cm³/mol. The number of aliphatic imine (C=N–C) groups is 1. The fourth-order valence-corrected chi connectivity index (χ4v) is 6.27. The van der Waals surface area contributed by atoms with E-state index in [1.807, 2.05) is 7.05 Å². The lowest BCUT2D eigenvalue weighted by molar-refractivity contribution is 1.24. The van der Waals surface area contributed by atoms with Gasteiger partial charge in [0, 0.05) is 23.4 Å². The van der Waals surface area contributed by atoms with Gasteiger partial charge in [-0.1, -0.05) is 128 Å². The van der Waals surface area contributed by atoms with E-state index in [0.717, 1.165) is 67.7 Å². The summed E-state index contributed by atoms with van der Waals surface area (Å²) in [6.07, 6.45) is 14.0. The van der Waals surface area contributed by atoms with Gasteiger partial charge in [0.25, 0.3) is 0 Å². The van der Waals surface area contributed by atoms with E-state index in [1.165, 1.54) is 21.9 Å². The molecule has 0 unspecified atom stereocenters. The molecule has 5 aromatic rings. The largest absolute Gasteiger partial charge is 0.386 e. The number of anilines is 1. The number of benzene rings is 5. The molecule has 206 valence electrons. The van der Waals surface area contributed by atoms with Crippen LogP contribution in [-0.2, 0) is 6.42 Å². The first-order valence-electron chi connectivity index (χ1n) is 14.7. The average Bonchev–Trinajstić information content (AvgIpc) is 3.04. The summed E-state index contributed by atoms with van der Waals surface area (Å²) in [6, 6.07) is 34.0. The van der Waals surface area contributed by atoms with Crippen molar-refractivity contribution in [3.05, 3.63) is 180 Å². The van der Waals surface area contributed by atoms with Gasteiger partial charge in [0.15, 0.2) is 0 Å². The molecular weight excluding hydrogens is 520 g/mol. The molecule has 2 aliphatic rings. The van der Waals surface area contributed by atoms with Gasteiger partial charge in [-0.3, -0.25) is 0 Å². The van der Waals surface area contributed by atoms with Crippen LogP contribution in [0.3, 0.4) is 0 Å². The maximum absolute atomic E-state index is 5.45. The molecule has 0 amide bonds. The van der Waals surface area contributed by atoms with Crippen molar-refractivity contribution in [1.82, 2.24) is 0 Å². The maximum Gasteiger partial charge on any atom is 0.0953 e. The molecule has 2 heteroatoms. The van der Waals surface area contributed by atoms with Crippen LogP contribution in [0.2, 0.25) is 0 Å². The van der Waals surface area contributed by atoms with Crippen molar-refractivity contribution in [1.29, 1.82) is 0 Å². The minimum Gasteiger partial charge on any atom is -0.386 e. The summed E-state index contributed by atoms with van der Waals surface area (Å²) in [4.78, 5) is 5.45. The Labute approximate surface area is 253 Å². The number of allylic oxidation sites excluding steroid dienone is 10. The van der Waals surface area contributed by atoms with Crippen LogP contribution in [0.25, 0.3) is 32.7 Å². The summed E-state index contributed by atoms with van der Waals surface area (Å²) in [5.74, 6) is 0. The Morgan fingerprint density at radius 3 is 1.88 bits per heavy atom. The normalized spacial score (nSPS) is 19.6. The lowest BCUT2D eigenvalue weighted by Gasteiger charge is -2.18. The number of nitrogens with one attached hydrogen (secondary N) is 1. The van der Waals surface area contributed by atoms with Crippen LogP contribution in [0, 0.1) is 0 Å². The third kappa shape index (κ3) is 4.77. The van der Waals surface area contributed by atoms with Crippen molar-refractivity contribution in [3.63, 3.8) is 0 Å². The zero-order valence-electron chi connectivity index (χ0n) is 24.3. The van der Waals surface area contributed by atoms with Gasteiger partial charge < -0.3 is 5.32 Å². The van der Waals surface area contributed by atoms with Crippen molar-refractivity contribution in [2.75, 3.05) is 12.4 Å². The van der Waals surface area contributed by atoms with E-state index < -0.39 is 0 Å². The van der Waals surface area contributed by atoms with Gasteiger partial charge in [0.2, 0.25) is 0 Å². The Morgan fingerprint density at radius 1 is 0.581 bits per heavy atom. The van der Waals surface area contributed by atoms with Gasteiger partial charge in [-0.05, 0) is 74.4 Å². The van der Waals surface area contributed by atoms with Crippen molar-refractivity contribution in [2.45, 2.75) is 6.42 Å². The first-order valence-corrected chi connectivity index (χ1v) is 14.7. The van der Waals surface area contributed by atoms with Crippen molar-refractivity contribution < 1.29 is 0 Å². The number of fused-ring (bicyclic) bond motifs is 5. The standard InChI is InChI=1S/C41H32N2/c1-27-25-30(15-12-14-29-13-4-5-16-32(27)29)31-23-24-39(36-20-9-6-17-33(36)28(2)26-31)43-41-38-22-11-8-19-35(38)34-18-7-10-21-37(34)40(41)42-3/h4-13,15-26,42H,1-2,14H2,3H3/b15-12-,24-23-,30-25+,31-26+,43-39?. The highest BCUT2D eigenvalue weighted by atomic mass is 14.9. The number of hydrogen-bond acceptors (Lipinski definition) is 2. The highest BCUT2D eigenvalue weighted by Gasteiger charge is 2.18. The highest BCUT2D eigenvalue weighted by molar-refractivity contribution is 6.22. The molecule has 2 nitrogen and oxygen atoms in total. The van der Waals surface area contributed by atoms with Crippen LogP contribution in [0.1, 0.15) is 22.3 Å². The third-order valence-electron chi connectivity index (χ3n) is 8.35. The van der Waals surface area contributed by atoms with Crippen molar-refractivity contribution in [3.8, 4) is 0 Å². The lowest BCUT2D eigenvalue weighted by atomic mass is 9.88. The number of hydrogen-bond donors (Lipinski definition) is 1. The Balaban J connectivity index is 1.43. The highest BCUT2D eigenvalue weighted by Crippen LogP contribution is 2.42. The number of rotatable bonds is 3. The summed E-state index contributed by atoms with van der Waals surface area (Å²) >= 11 is 0. The molecule has 0 atom stereocenters. The van der Waals surface area contributed by atoms with E-state index in [2.05, 4.69) is 152 Å². The molecule has 0 heterocycles. The molecule has 2 aliphatic carbocycles. The smallest absolute Gasteiger partial charge is 0.0953 e. The monoisotopic (exact) mass is 552 g/mol. The second-order valence-electron chi connectivity index (χ2n) is 11.0. The summed E-state index contributed by atoms with van der Waals surface area (Å²) in [5, 5.41) is 8.14. The molecule has 0 aromatic heterocycles. The Morgan fingerprint density at radius 2 is 1.14 bits per heavy atom. The van der Waals surface area contributed by atoms with E-state index >= 15 is 0 Å². The zero-order chi connectivity index (χ0) is 29.3. The second kappa shape index (κ2) is 11.1. The summed E-state index contributed by atoms with van der Waals surface area (Å²) in [6.45, 7) is 8.94. The predicted octanol–water partition coefficient (Wildman–Crippen LogP) is 10.4. The topological polar surface area (TPSA) is 24.4 Å². The molecule has 7 rings (SSSR count). The summed E-state index contributed by atoms with van der Waals surface area (Å²) in [7, 11) is 1.98. The first-order chi connectivity index (χ1) is 21.1. The average molecular weight is 553 g/mol. The van der Waals surface area contributed by atoms with Crippen molar-refractivity contribution in [2.24, 2.45) is 4.99 Å². The van der Waals surface area contributed by atoms with Gasteiger partial charge in [-0.15, -0.1) is 0 Å². The molecule has 43 heavy (non-hydrogen) atoms. The molecule has 0 saturated carbocycles. The lowest BCUT2D eigenvalue weighted by Crippen LogP contribution is -2.05. The van der Waals surface area contributed by atoms with Gasteiger partial charge in [0.05, 0.1) is 17.1 Å². The fourth-order valence-electron chi connectivity index (χ4n) is 6.27. The SMILES string of the molecule is C=C1/C=C(C2=C/C(=C)c3ccccc3C(=Nc3c(NC)c4ccccc4c4ccccc34)/C=C\2)\C=C/Cc2ccccc21. The maximum atomic E-state index is 5.45. The molecule has 1 N–H and O–H groups in total. The Hall–Kier alpha value is -5.47. The molecule has 0 saturated heterocycles. The van der Waals surface area contributed by atoms with Crippen LogP contribution >= 0.6 is 0 Å². The third-order valence-corrected chi connectivity index (χ3v) is 8.35. The van der Waals surface area contributed by atoms with Gasteiger partial charge in [0.1, 0.15) is 0 Å². The van der Waals surface area contributed by atoms with Crippen LogP contribution in [0.5, 0.6) is 0 Å². The van der Waals surface area contributed by atoms with Crippen LogP contribution < -0.4 is 5.32 Å². The first kappa shape index (κ1) is 26.4. The molecule has 5 aromatic carbocycles. The molecule has 0 radical (unpaired) electrons.